The summed E-state index contributed by atoms with van der Waals surface area (Å²) in [6.07, 6.45) is 1.69. The minimum Gasteiger partial charge on any atom is -0.467 e. The molecule has 0 saturated carbocycles. The van der Waals surface area contributed by atoms with Crippen LogP contribution in [0, 0.1) is 0 Å². The summed E-state index contributed by atoms with van der Waals surface area (Å²) in [7, 11) is 0. The molecule has 1 aliphatic rings. The number of likely N-dealkylation sites (N-methyl/N-ethyl adjacent to an activating group) is 1. The minimum atomic E-state index is 0.138. The largest absolute Gasteiger partial charge is 0.467 e. The van der Waals surface area contributed by atoms with Crippen LogP contribution in [-0.2, 0) is 6.54 Å². The van der Waals surface area contributed by atoms with Crippen LogP contribution >= 0.6 is 0 Å². The molecule has 0 unspecified atom stereocenters. The fourth-order valence-corrected chi connectivity index (χ4v) is 3.86. The highest BCUT2D eigenvalue weighted by molar-refractivity contribution is 5.22. The summed E-state index contributed by atoms with van der Waals surface area (Å²) in [4.78, 5) is 3.21. The number of nitrogens with zero attached hydrogens (tertiary/aromatic N) is 4. The van der Waals surface area contributed by atoms with Crippen molar-refractivity contribution in [3.05, 3.63) is 65.9 Å². The van der Waals surface area contributed by atoms with Gasteiger partial charge >= 0.3 is 0 Å². The first-order valence-electron chi connectivity index (χ1n) is 9.36. The van der Waals surface area contributed by atoms with Crippen LogP contribution in [0.4, 0.5) is 0 Å². The van der Waals surface area contributed by atoms with Gasteiger partial charge in [-0.15, -0.1) is 5.10 Å². The molecule has 26 heavy (non-hydrogen) atoms. The SMILES string of the molecule is CC[NH+]1CC[NH+]([C@@H](c2ccccc2)c2nnnn2Cc2ccco2)CC1. The Kier molecular flexibility index (Phi) is 5.08. The number of piperazine rings is 1. The maximum atomic E-state index is 5.49. The Morgan fingerprint density at radius 3 is 2.58 bits per heavy atom. The van der Waals surface area contributed by atoms with Crippen LogP contribution in [0.1, 0.15) is 30.1 Å². The topological polar surface area (TPSA) is 65.6 Å². The lowest BCUT2D eigenvalue weighted by Crippen LogP contribution is -3.28. The Bertz CT molecular complexity index is 793. The lowest BCUT2D eigenvalue weighted by molar-refractivity contribution is -1.02. The third kappa shape index (κ3) is 3.54. The van der Waals surface area contributed by atoms with Gasteiger partial charge < -0.3 is 14.2 Å². The molecule has 0 bridgehead atoms. The molecule has 0 radical (unpaired) electrons. The van der Waals surface area contributed by atoms with Crippen molar-refractivity contribution < 1.29 is 14.2 Å². The van der Waals surface area contributed by atoms with Gasteiger partial charge in [-0.2, -0.15) is 0 Å². The van der Waals surface area contributed by atoms with Gasteiger partial charge in [-0.25, -0.2) is 4.68 Å². The minimum absolute atomic E-state index is 0.138. The van der Waals surface area contributed by atoms with E-state index in [1.165, 1.54) is 30.1 Å². The summed E-state index contributed by atoms with van der Waals surface area (Å²) < 4.78 is 7.37. The molecule has 7 nitrogen and oxygen atoms in total. The highest BCUT2D eigenvalue weighted by Crippen LogP contribution is 2.17. The second kappa shape index (κ2) is 7.80. The van der Waals surface area contributed by atoms with Crippen LogP contribution < -0.4 is 9.80 Å². The number of rotatable bonds is 6. The first kappa shape index (κ1) is 16.9. The van der Waals surface area contributed by atoms with Gasteiger partial charge in [-0.05, 0) is 29.5 Å². The summed E-state index contributed by atoms with van der Waals surface area (Å²) in [5.74, 6) is 1.77. The highest BCUT2D eigenvalue weighted by Gasteiger charge is 2.35. The fraction of sp³-hybridized carbons (Fsp3) is 0.421. The first-order chi connectivity index (χ1) is 12.8. The first-order valence-corrected chi connectivity index (χ1v) is 9.36. The molecule has 2 N–H and O–H groups in total. The summed E-state index contributed by atoms with van der Waals surface area (Å²) >= 11 is 0. The monoisotopic (exact) mass is 354 g/mol. The normalized spacial score (nSPS) is 21.6. The fourth-order valence-electron chi connectivity index (χ4n) is 3.86. The highest BCUT2D eigenvalue weighted by atomic mass is 16.3. The van der Waals surface area contributed by atoms with Crippen LogP contribution in [0.25, 0.3) is 0 Å². The van der Waals surface area contributed by atoms with Crippen LogP contribution in [-0.4, -0.2) is 52.9 Å². The molecule has 0 spiro atoms. The zero-order valence-corrected chi connectivity index (χ0v) is 15.1. The molecule has 7 heteroatoms. The summed E-state index contributed by atoms with van der Waals surface area (Å²) in [6, 6.07) is 14.6. The van der Waals surface area contributed by atoms with E-state index in [1.807, 2.05) is 16.8 Å². The zero-order valence-electron chi connectivity index (χ0n) is 15.1. The maximum absolute atomic E-state index is 5.49. The average molecular weight is 354 g/mol. The Hall–Kier alpha value is -2.51. The molecular weight excluding hydrogens is 328 g/mol. The molecule has 1 aromatic carbocycles. The van der Waals surface area contributed by atoms with E-state index in [-0.39, 0.29) is 6.04 Å². The van der Waals surface area contributed by atoms with Crippen LogP contribution in [0.5, 0.6) is 0 Å². The van der Waals surface area contributed by atoms with Crippen LogP contribution in [0.15, 0.2) is 53.1 Å². The summed E-state index contributed by atoms with van der Waals surface area (Å²) in [5, 5.41) is 12.6. The van der Waals surface area contributed by atoms with Gasteiger partial charge in [0.15, 0.2) is 6.04 Å². The molecule has 1 aliphatic heterocycles. The second-order valence-corrected chi connectivity index (χ2v) is 6.88. The van der Waals surface area contributed by atoms with Crippen molar-refractivity contribution >= 4 is 0 Å². The van der Waals surface area contributed by atoms with Gasteiger partial charge in [-0.3, -0.25) is 0 Å². The van der Waals surface area contributed by atoms with Gasteiger partial charge in [0, 0.05) is 5.56 Å². The van der Waals surface area contributed by atoms with Crippen molar-refractivity contribution in [1.82, 2.24) is 20.2 Å². The van der Waals surface area contributed by atoms with E-state index < -0.39 is 0 Å². The van der Waals surface area contributed by atoms with Gasteiger partial charge in [-0.1, -0.05) is 30.3 Å². The van der Waals surface area contributed by atoms with E-state index in [1.54, 1.807) is 11.2 Å². The molecule has 0 amide bonds. The number of quaternary nitrogens is 2. The van der Waals surface area contributed by atoms with Crippen LogP contribution in [0.3, 0.4) is 0 Å². The van der Waals surface area contributed by atoms with Gasteiger partial charge in [0.1, 0.15) is 38.5 Å². The predicted molar refractivity (Wildman–Crippen MR) is 95.8 cm³/mol. The van der Waals surface area contributed by atoms with Crippen molar-refractivity contribution in [1.29, 1.82) is 0 Å². The Morgan fingerprint density at radius 1 is 1.08 bits per heavy atom. The third-order valence-corrected chi connectivity index (χ3v) is 5.34. The Morgan fingerprint density at radius 2 is 1.88 bits per heavy atom. The molecule has 1 fully saturated rings. The molecule has 1 atom stereocenters. The average Bonchev–Trinajstić information content (AvgIpc) is 3.37. The Labute approximate surface area is 153 Å². The van der Waals surface area contributed by atoms with Crippen LogP contribution in [0.2, 0.25) is 0 Å². The molecule has 2 aromatic heterocycles. The number of tetrazole rings is 1. The van der Waals surface area contributed by atoms with Crippen molar-refractivity contribution in [2.24, 2.45) is 0 Å². The number of hydrogen-bond acceptors (Lipinski definition) is 4. The molecule has 0 aliphatic carbocycles. The number of nitrogens with one attached hydrogen (secondary N) is 2. The third-order valence-electron chi connectivity index (χ3n) is 5.34. The Balaban J connectivity index is 1.65. The molecule has 136 valence electrons. The second-order valence-electron chi connectivity index (χ2n) is 6.88. The maximum Gasteiger partial charge on any atom is 0.214 e. The lowest BCUT2D eigenvalue weighted by Gasteiger charge is -2.33. The number of furan rings is 1. The van der Waals surface area contributed by atoms with Crippen molar-refractivity contribution in [3.63, 3.8) is 0 Å². The standard InChI is InChI=1S/C19H24N6O/c1-2-23-10-12-24(13-11-23)18(16-7-4-3-5-8-16)19-20-21-22-25(19)15-17-9-6-14-26-17/h3-9,14,18H,2,10-13,15H2,1H3/p+2/t18-/m0/s1. The van der Waals surface area contributed by atoms with Crippen molar-refractivity contribution in [3.8, 4) is 0 Å². The van der Waals surface area contributed by atoms with E-state index in [9.17, 15) is 0 Å². The van der Waals surface area contributed by atoms with E-state index in [4.69, 9.17) is 4.42 Å². The summed E-state index contributed by atoms with van der Waals surface area (Å²) in [5.41, 5.74) is 1.26. The number of benzene rings is 1. The van der Waals surface area contributed by atoms with Gasteiger partial charge in [0.05, 0.1) is 12.8 Å². The zero-order chi connectivity index (χ0) is 17.8. The lowest BCUT2D eigenvalue weighted by atomic mass is 10.0. The molecule has 3 heterocycles. The molecular formula is C19H26N6O+2. The van der Waals surface area contributed by atoms with E-state index in [0.717, 1.165) is 24.7 Å². The number of hydrogen-bond donors (Lipinski definition) is 2. The van der Waals surface area contributed by atoms with E-state index in [2.05, 4.69) is 52.8 Å². The van der Waals surface area contributed by atoms with Gasteiger partial charge in [0.2, 0.25) is 5.82 Å². The van der Waals surface area contributed by atoms with E-state index >= 15 is 0 Å². The molecule has 4 rings (SSSR count). The molecule has 1 saturated heterocycles. The quantitative estimate of drug-likeness (QED) is 0.609. The van der Waals surface area contributed by atoms with E-state index in [0.29, 0.717) is 6.54 Å². The number of aromatic nitrogens is 4. The predicted octanol–water partition coefficient (Wildman–Crippen LogP) is -0.793. The molecule has 3 aromatic rings. The smallest absolute Gasteiger partial charge is 0.214 e. The van der Waals surface area contributed by atoms with Gasteiger partial charge in [0.25, 0.3) is 0 Å². The van der Waals surface area contributed by atoms with Crippen molar-refractivity contribution in [2.45, 2.75) is 19.5 Å². The van der Waals surface area contributed by atoms with Crippen molar-refractivity contribution in [2.75, 3.05) is 32.7 Å². The summed E-state index contributed by atoms with van der Waals surface area (Å²) in [6.45, 7) is 8.63.